The Kier molecular flexibility index (Phi) is 5.99. The van der Waals surface area contributed by atoms with Crippen LogP contribution in [0.3, 0.4) is 0 Å². The molecule has 0 fully saturated rings. The summed E-state index contributed by atoms with van der Waals surface area (Å²) >= 11 is 0. The van der Waals surface area contributed by atoms with Crippen molar-refractivity contribution < 1.29 is 33.1 Å². The molecule has 0 saturated heterocycles. The Morgan fingerprint density at radius 3 is 2.57 bits per heavy atom. The van der Waals surface area contributed by atoms with Crippen LogP contribution in [0.5, 0.6) is 23.0 Å². The molecule has 0 spiro atoms. The molecule has 28 heavy (non-hydrogen) atoms. The minimum absolute atomic E-state index is 0. The third-order valence-electron chi connectivity index (χ3n) is 3.85. The molecule has 0 unspecified atom stereocenters. The van der Waals surface area contributed by atoms with E-state index in [1.165, 1.54) is 19.2 Å². The van der Waals surface area contributed by atoms with Gasteiger partial charge in [-0.3, -0.25) is 14.9 Å². The maximum atomic E-state index is 10.9. The van der Waals surface area contributed by atoms with Crippen molar-refractivity contribution in [2.24, 2.45) is 0 Å². The van der Waals surface area contributed by atoms with Gasteiger partial charge in [0.15, 0.2) is 11.5 Å². The van der Waals surface area contributed by atoms with Gasteiger partial charge in [0.25, 0.3) is 0 Å². The molecule has 0 saturated carbocycles. The summed E-state index contributed by atoms with van der Waals surface area (Å²) in [4.78, 5) is 17.7. The van der Waals surface area contributed by atoms with Crippen molar-refractivity contribution in [2.75, 3.05) is 13.9 Å². The fraction of sp³-hybridized carbons (Fsp3) is 0.125. The fourth-order valence-electron chi connectivity index (χ4n) is 2.72. The second-order valence-corrected chi connectivity index (χ2v) is 6.72. The molecule has 2 heterocycles. The number of phosphoric ester groups is 1. The van der Waals surface area contributed by atoms with Crippen molar-refractivity contribution in [1.82, 2.24) is 15.4 Å². The monoisotopic (exact) mass is 415 g/mol. The Bertz CT molecular complexity index is 1040. The molecule has 0 radical (unpaired) electrons. The quantitative estimate of drug-likeness (QED) is 0.420. The molecule has 10 nitrogen and oxygen atoms in total. The normalized spacial score (nSPS) is 12.4. The molecule has 1 aliphatic rings. The summed E-state index contributed by atoms with van der Waals surface area (Å²) in [5, 5.41) is 10.8. The van der Waals surface area contributed by atoms with Crippen molar-refractivity contribution >= 4 is 37.4 Å². The van der Waals surface area contributed by atoms with Crippen molar-refractivity contribution in [1.29, 1.82) is 0 Å². The zero-order chi connectivity index (χ0) is 19.0. The number of methoxy groups -OCH3 is 1. The number of nitrogens with one attached hydrogen (secondary N) is 1. The van der Waals surface area contributed by atoms with Crippen molar-refractivity contribution in [2.45, 2.75) is 0 Å². The Balaban J connectivity index is 0.00000225. The first-order chi connectivity index (χ1) is 12.9. The SMILES string of the molecule is COc1cc(-c2nn[nH]c2-c2ccc(OP(=O)(O)O)cc2)cc2c1OCO2.[NaH]. The number of benzene rings is 2. The predicted octanol–water partition coefficient (Wildman–Crippen LogP) is 1.70. The van der Waals surface area contributed by atoms with E-state index in [1.54, 1.807) is 24.3 Å². The van der Waals surface area contributed by atoms with Gasteiger partial charge in [-0.15, -0.1) is 5.10 Å². The molecule has 1 aromatic heterocycles. The van der Waals surface area contributed by atoms with Crippen molar-refractivity contribution in [3.05, 3.63) is 36.4 Å². The van der Waals surface area contributed by atoms with Gasteiger partial charge in [-0.05, 0) is 36.4 Å². The average molecular weight is 415 g/mol. The van der Waals surface area contributed by atoms with Gasteiger partial charge in [-0.1, -0.05) is 5.21 Å². The van der Waals surface area contributed by atoms with Gasteiger partial charge in [0.1, 0.15) is 11.4 Å². The second-order valence-electron chi connectivity index (χ2n) is 5.55. The van der Waals surface area contributed by atoms with Crippen LogP contribution in [-0.4, -0.2) is 68.7 Å². The van der Waals surface area contributed by atoms with Crippen molar-refractivity contribution in [3.8, 4) is 45.5 Å². The number of rotatable bonds is 5. The summed E-state index contributed by atoms with van der Waals surface area (Å²) in [5.41, 5.74) is 2.56. The Morgan fingerprint density at radius 1 is 1.14 bits per heavy atom. The number of hydrogen-bond acceptors (Lipinski definition) is 7. The van der Waals surface area contributed by atoms with Crippen LogP contribution in [0.1, 0.15) is 0 Å². The number of fused-ring (bicyclic) bond motifs is 1. The summed E-state index contributed by atoms with van der Waals surface area (Å²) in [6.45, 7) is 0.113. The van der Waals surface area contributed by atoms with Gasteiger partial charge in [-0.25, -0.2) is 4.57 Å². The zero-order valence-electron chi connectivity index (χ0n) is 13.9. The van der Waals surface area contributed by atoms with Crippen LogP contribution in [0.4, 0.5) is 0 Å². The topological polar surface area (TPSA) is 136 Å². The maximum absolute atomic E-state index is 10.9. The molecule has 2 aromatic carbocycles. The van der Waals surface area contributed by atoms with Crippen molar-refractivity contribution in [3.63, 3.8) is 0 Å². The van der Waals surface area contributed by atoms with E-state index >= 15 is 0 Å². The van der Waals surface area contributed by atoms with E-state index in [9.17, 15) is 4.57 Å². The van der Waals surface area contributed by atoms with Crippen LogP contribution in [0.25, 0.3) is 22.5 Å². The molecule has 0 bridgehead atoms. The van der Waals surface area contributed by atoms with E-state index in [0.29, 0.717) is 39.8 Å². The summed E-state index contributed by atoms with van der Waals surface area (Å²) in [5.74, 6) is 1.64. The number of phosphoric acid groups is 1. The van der Waals surface area contributed by atoms with Crippen LogP contribution in [-0.2, 0) is 4.57 Å². The fourth-order valence-corrected chi connectivity index (χ4v) is 3.11. The molecular weight excluding hydrogens is 400 g/mol. The van der Waals surface area contributed by atoms with Gasteiger partial charge in [-0.2, -0.15) is 0 Å². The third kappa shape index (κ3) is 4.17. The average Bonchev–Trinajstić information content (AvgIpc) is 3.29. The molecule has 12 heteroatoms. The van der Waals surface area contributed by atoms with E-state index in [4.69, 9.17) is 24.0 Å². The van der Waals surface area contributed by atoms with E-state index < -0.39 is 7.82 Å². The number of aromatic nitrogens is 3. The van der Waals surface area contributed by atoms with Crippen LogP contribution in [0.15, 0.2) is 36.4 Å². The van der Waals surface area contributed by atoms with Crippen LogP contribution in [0, 0.1) is 0 Å². The molecule has 3 N–H and O–H groups in total. The van der Waals surface area contributed by atoms with E-state index in [0.717, 1.165) is 0 Å². The van der Waals surface area contributed by atoms with Gasteiger partial charge < -0.3 is 18.7 Å². The first kappa shape index (κ1) is 20.7. The number of hydrogen-bond donors (Lipinski definition) is 3. The molecule has 0 aliphatic carbocycles. The molecule has 142 valence electrons. The summed E-state index contributed by atoms with van der Waals surface area (Å²) in [7, 11) is -3.08. The molecule has 3 aromatic rings. The molecule has 1 aliphatic heterocycles. The van der Waals surface area contributed by atoms with Gasteiger partial charge in [0, 0.05) is 11.1 Å². The van der Waals surface area contributed by atoms with Crippen LogP contribution in [0.2, 0.25) is 0 Å². The number of aromatic amines is 1. The van der Waals surface area contributed by atoms with E-state index in [2.05, 4.69) is 19.9 Å². The van der Waals surface area contributed by atoms with Gasteiger partial charge >= 0.3 is 37.4 Å². The third-order valence-corrected chi connectivity index (χ3v) is 4.30. The Hall–Kier alpha value is -2.07. The zero-order valence-corrected chi connectivity index (χ0v) is 14.8. The molecule has 0 amide bonds. The summed E-state index contributed by atoms with van der Waals surface area (Å²) < 4.78 is 31.6. The predicted molar refractivity (Wildman–Crippen MR) is 99.8 cm³/mol. The number of H-pyrrole nitrogens is 1. The van der Waals surface area contributed by atoms with Crippen LogP contribution >= 0.6 is 7.82 Å². The van der Waals surface area contributed by atoms with Gasteiger partial charge in [0.2, 0.25) is 12.5 Å². The second kappa shape index (κ2) is 8.12. The summed E-state index contributed by atoms with van der Waals surface area (Å²) in [6.07, 6.45) is 0. The first-order valence-corrected chi connectivity index (χ1v) is 9.22. The molecule has 4 rings (SSSR count). The molecule has 0 atom stereocenters. The van der Waals surface area contributed by atoms with Crippen LogP contribution < -0.4 is 18.7 Å². The number of nitrogens with zero attached hydrogens (tertiary/aromatic N) is 2. The Labute approximate surface area is 181 Å². The minimum atomic E-state index is -4.61. The number of ether oxygens (including phenoxy) is 3. The molecular formula is C16H15N3NaO7P. The Morgan fingerprint density at radius 2 is 1.89 bits per heavy atom. The van der Waals surface area contributed by atoms with Gasteiger partial charge in [0.05, 0.1) is 12.8 Å². The standard InChI is InChI=1S/C16H14N3O7P.Na.H/c1-23-12-6-10(7-13-16(12)25-8-24-13)15-14(17-19-18-15)9-2-4-11(5-3-9)26-27(20,21)22;;/h2-7H,8H2,1H3,(H,17,18,19)(H2,20,21,22);;. The van der Waals surface area contributed by atoms with E-state index in [-0.39, 0.29) is 42.1 Å². The first-order valence-electron chi connectivity index (χ1n) is 7.69. The summed E-state index contributed by atoms with van der Waals surface area (Å²) in [6, 6.07) is 9.69. The van der Waals surface area contributed by atoms with E-state index in [1.807, 2.05) is 0 Å².